The van der Waals surface area contributed by atoms with Gasteiger partial charge in [-0.15, -0.1) is 0 Å². The molecule has 1 fully saturated rings. The molecular weight excluding hydrogens is 357 g/mol. The number of rotatable bonds is 6. The topological polar surface area (TPSA) is 124 Å². The Kier molecular flexibility index (Phi) is 5.41. The van der Waals surface area contributed by atoms with Crippen LogP contribution in [0.5, 0.6) is 5.75 Å². The fraction of sp³-hybridized carbons (Fsp3) is 0.389. The van der Waals surface area contributed by atoms with Crippen molar-refractivity contribution in [3.8, 4) is 5.75 Å². The molecule has 8 nitrogen and oxygen atoms in total. The lowest BCUT2D eigenvalue weighted by atomic mass is 9.74. The standard InChI is InChI=1S/C18H20FN3O5/c1-27-14-3-2-11(19)7-13(14)16(9-4-12(23)5-9)21-15(24)6-10-8-20-18(26)22-17(10)25/h2-3,7-9,12,16,23H,4-6H2,1H3,(H,21,24)(H2,20,22,25,26)/t9?,12?,16-/m1/s1. The summed E-state index contributed by atoms with van der Waals surface area (Å²) in [6, 6.07) is 3.46. The molecule has 0 bridgehead atoms. The third-order valence-corrected chi connectivity index (χ3v) is 4.71. The summed E-state index contributed by atoms with van der Waals surface area (Å²) in [5, 5.41) is 12.4. The number of amides is 1. The number of nitrogens with one attached hydrogen (secondary N) is 3. The minimum atomic E-state index is -0.657. The van der Waals surface area contributed by atoms with E-state index in [1.165, 1.54) is 31.5 Å². The second kappa shape index (κ2) is 7.75. The monoisotopic (exact) mass is 377 g/mol. The van der Waals surface area contributed by atoms with Gasteiger partial charge in [-0.05, 0) is 37.0 Å². The average Bonchev–Trinajstić information content (AvgIpc) is 2.59. The summed E-state index contributed by atoms with van der Waals surface area (Å²) in [5.74, 6) is -0.606. The largest absolute Gasteiger partial charge is 0.496 e. The number of halogens is 1. The molecule has 1 heterocycles. The second-order valence-electron chi connectivity index (χ2n) is 6.59. The number of aliphatic hydroxyl groups excluding tert-OH is 1. The van der Waals surface area contributed by atoms with Crippen molar-refractivity contribution in [3.05, 3.63) is 62.2 Å². The Morgan fingerprint density at radius 3 is 2.78 bits per heavy atom. The zero-order valence-corrected chi connectivity index (χ0v) is 14.6. The molecule has 1 amide bonds. The molecule has 1 aromatic carbocycles. The van der Waals surface area contributed by atoms with Crippen LogP contribution in [-0.4, -0.2) is 34.2 Å². The number of H-pyrrole nitrogens is 2. The highest BCUT2D eigenvalue weighted by Crippen LogP contribution is 2.41. The van der Waals surface area contributed by atoms with E-state index in [0.29, 0.717) is 24.2 Å². The number of ether oxygens (including phenoxy) is 1. The van der Waals surface area contributed by atoms with E-state index in [1.807, 2.05) is 0 Å². The number of aliphatic hydroxyl groups is 1. The number of aromatic amines is 2. The van der Waals surface area contributed by atoms with Gasteiger partial charge in [0.15, 0.2) is 0 Å². The molecule has 1 atom stereocenters. The van der Waals surface area contributed by atoms with Crippen LogP contribution in [0.3, 0.4) is 0 Å². The Labute approximate surface area is 153 Å². The number of carbonyl (C=O) groups is 1. The van der Waals surface area contributed by atoms with Gasteiger partial charge in [0.05, 0.1) is 25.7 Å². The first kappa shape index (κ1) is 18.8. The predicted molar refractivity (Wildman–Crippen MR) is 94.0 cm³/mol. The summed E-state index contributed by atoms with van der Waals surface area (Å²) in [7, 11) is 1.45. The highest BCUT2D eigenvalue weighted by Gasteiger charge is 2.37. The number of aromatic nitrogens is 2. The molecular formula is C18H20FN3O5. The first-order chi connectivity index (χ1) is 12.9. The molecule has 0 saturated heterocycles. The predicted octanol–water partition coefficient (Wildman–Crippen LogP) is 0.382. The molecule has 1 aliphatic carbocycles. The van der Waals surface area contributed by atoms with Gasteiger partial charge in [-0.2, -0.15) is 0 Å². The van der Waals surface area contributed by atoms with Crippen molar-refractivity contribution in [2.45, 2.75) is 31.4 Å². The van der Waals surface area contributed by atoms with E-state index in [-0.39, 0.29) is 17.9 Å². The molecule has 0 spiro atoms. The second-order valence-corrected chi connectivity index (χ2v) is 6.59. The van der Waals surface area contributed by atoms with E-state index in [4.69, 9.17) is 4.74 Å². The molecule has 3 rings (SSSR count). The van der Waals surface area contributed by atoms with E-state index in [0.717, 1.165) is 0 Å². The van der Waals surface area contributed by atoms with Gasteiger partial charge in [0, 0.05) is 17.3 Å². The van der Waals surface area contributed by atoms with Crippen molar-refractivity contribution in [1.82, 2.24) is 15.3 Å². The molecule has 0 aliphatic heterocycles. The van der Waals surface area contributed by atoms with Crippen molar-refractivity contribution >= 4 is 5.91 Å². The first-order valence-corrected chi connectivity index (χ1v) is 8.49. The normalized spacial score (nSPS) is 19.8. The Morgan fingerprint density at radius 2 is 2.15 bits per heavy atom. The van der Waals surface area contributed by atoms with Crippen LogP contribution in [0, 0.1) is 11.7 Å². The van der Waals surface area contributed by atoms with Gasteiger partial charge in [-0.3, -0.25) is 14.6 Å². The summed E-state index contributed by atoms with van der Waals surface area (Å²) < 4.78 is 19.1. The lowest BCUT2D eigenvalue weighted by molar-refractivity contribution is -0.122. The maximum absolute atomic E-state index is 13.8. The first-order valence-electron chi connectivity index (χ1n) is 8.49. The summed E-state index contributed by atoms with van der Waals surface area (Å²) in [6.45, 7) is 0. The van der Waals surface area contributed by atoms with Gasteiger partial charge in [-0.25, -0.2) is 9.18 Å². The highest BCUT2D eigenvalue weighted by molar-refractivity contribution is 5.79. The lowest BCUT2D eigenvalue weighted by Crippen LogP contribution is -2.42. The third kappa shape index (κ3) is 4.25. The summed E-state index contributed by atoms with van der Waals surface area (Å²) in [5.41, 5.74) is -0.730. The quantitative estimate of drug-likeness (QED) is 0.579. The van der Waals surface area contributed by atoms with Gasteiger partial charge in [-0.1, -0.05) is 0 Å². The number of benzene rings is 1. The van der Waals surface area contributed by atoms with Gasteiger partial charge >= 0.3 is 5.69 Å². The van der Waals surface area contributed by atoms with E-state index < -0.39 is 35.1 Å². The smallest absolute Gasteiger partial charge is 0.325 e. The lowest BCUT2D eigenvalue weighted by Gasteiger charge is -2.38. The van der Waals surface area contributed by atoms with Crippen molar-refractivity contribution in [2.24, 2.45) is 5.92 Å². The minimum absolute atomic E-state index is 0.0893. The van der Waals surface area contributed by atoms with Crippen LogP contribution in [0.1, 0.15) is 30.0 Å². The van der Waals surface area contributed by atoms with Crippen LogP contribution in [0.2, 0.25) is 0 Å². The Morgan fingerprint density at radius 1 is 1.41 bits per heavy atom. The van der Waals surface area contributed by atoms with Crippen LogP contribution in [0.25, 0.3) is 0 Å². The molecule has 4 N–H and O–H groups in total. The zero-order chi connectivity index (χ0) is 19.6. The minimum Gasteiger partial charge on any atom is -0.496 e. The molecule has 0 unspecified atom stereocenters. The van der Waals surface area contributed by atoms with E-state index in [2.05, 4.69) is 15.3 Å². The molecule has 9 heteroatoms. The van der Waals surface area contributed by atoms with Crippen LogP contribution in [0.15, 0.2) is 34.0 Å². The van der Waals surface area contributed by atoms with Crippen LogP contribution < -0.4 is 21.3 Å². The van der Waals surface area contributed by atoms with Crippen LogP contribution in [-0.2, 0) is 11.2 Å². The van der Waals surface area contributed by atoms with Crippen molar-refractivity contribution in [3.63, 3.8) is 0 Å². The molecule has 27 heavy (non-hydrogen) atoms. The van der Waals surface area contributed by atoms with E-state index >= 15 is 0 Å². The number of hydrogen-bond donors (Lipinski definition) is 4. The third-order valence-electron chi connectivity index (χ3n) is 4.71. The van der Waals surface area contributed by atoms with E-state index in [9.17, 15) is 23.9 Å². The van der Waals surface area contributed by atoms with Gasteiger partial charge in [0.2, 0.25) is 5.91 Å². The molecule has 2 aromatic rings. The van der Waals surface area contributed by atoms with E-state index in [1.54, 1.807) is 0 Å². The summed E-state index contributed by atoms with van der Waals surface area (Å²) in [6.07, 6.45) is 1.39. The maximum atomic E-state index is 13.8. The average molecular weight is 377 g/mol. The molecule has 1 aromatic heterocycles. The molecule has 1 aliphatic rings. The van der Waals surface area contributed by atoms with Crippen molar-refractivity contribution < 1.29 is 19.0 Å². The SMILES string of the molecule is COc1ccc(F)cc1[C@H](NC(=O)Cc1c[nH]c(=O)[nH]c1=O)C1CC(O)C1. The molecule has 144 valence electrons. The number of methoxy groups -OCH3 is 1. The summed E-state index contributed by atoms with van der Waals surface area (Å²) >= 11 is 0. The molecule has 0 radical (unpaired) electrons. The van der Waals surface area contributed by atoms with Gasteiger partial charge in [0.25, 0.3) is 5.56 Å². The maximum Gasteiger partial charge on any atom is 0.325 e. The van der Waals surface area contributed by atoms with Crippen molar-refractivity contribution in [1.29, 1.82) is 0 Å². The highest BCUT2D eigenvalue weighted by atomic mass is 19.1. The van der Waals surface area contributed by atoms with Gasteiger partial charge < -0.3 is 20.1 Å². The number of hydrogen-bond acceptors (Lipinski definition) is 5. The number of carbonyl (C=O) groups excluding carboxylic acids is 1. The zero-order valence-electron chi connectivity index (χ0n) is 14.6. The van der Waals surface area contributed by atoms with Crippen LogP contribution >= 0.6 is 0 Å². The van der Waals surface area contributed by atoms with Crippen LogP contribution in [0.4, 0.5) is 4.39 Å². The summed E-state index contributed by atoms with van der Waals surface area (Å²) in [4.78, 5) is 39.7. The molecule has 1 saturated carbocycles. The Bertz CT molecular complexity index is 948. The fourth-order valence-electron chi connectivity index (χ4n) is 3.27. The van der Waals surface area contributed by atoms with Crippen molar-refractivity contribution in [2.75, 3.05) is 7.11 Å². The fourth-order valence-corrected chi connectivity index (χ4v) is 3.27. The Hall–Kier alpha value is -2.94. The van der Waals surface area contributed by atoms with Gasteiger partial charge in [0.1, 0.15) is 11.6 Å². The Balaban J connectivity index is 1.84.